The number of nitrogens with two attached hydrogens (primary N) is 1. The first-order valence-corrected chi connectivity index (χ1v) is 7.71. The van der Waals surface area contributed by atoms with E-state index in [9.17, 15) is 14.4 Å². The maximum Gasteiger partial charge on any atom is 0.339 e. The fourth-order valence-corrected chi connectivity index (χ4v) is 2.61. The van der Waals surface area contributed by atoms with Gasteiger partial charge in [-0.05, 0) is 31.5 Å². The van der Waals surface area contributed by atoms with Gasteiger partial charge in [-0.3, -0.25) is 9.59 Å². The summed E-state index contributed by atoms with van der Waals surface area (Å²) in [6.07, 6.45) is 0. The minimum Gasteiger partial charge on any atom is -0.497 e. The maximum absolute atomic E-state index is 12.5. The number of carbonyl (C=O) groups excluding carboxylic acids is 3. The van der Waals surface area contributed by atoms with Crippen molar-refractivity contribution >= 4 is 17.7 Å². The lowest BCUT2D eigenvalue weighted by Crippen LogP contribution is -2.17. The van der Waals surface area contributed by atoms with Gasteiger partial charge in [-0.1, -0.05) is 0 Å². The summed E-state index contributed by atoms with van der Waals surface area (Å²) in [7, 11) is 2.74. The molecule has 1 aromatic carbocycles. The lowest BCUT2D eigenvalue weighted by Gasteiger charge is -2.10. The van der Waals surface area contributed by atoms with E-state index in [1.165, 1.54) is 26.4 Å². The number of hydrogen-bond donors (Lipinski definition) is 2. The van der Waals surface area contributed by atoms with Crippen LogP contribution in [0.3, 0.4) is 0 Å². The number of primary amides is 1. The molecule has 0 fully saturated rings. The van der Waals surface area contributed by atoms with E-state index < -0.39 is 11.9 Å². The topological polar surface area (TPSA) is 121 Å². The molecule has 138 valence electrons. The van der Waals surface area contributed by atoms with Crippen LogP contribution >= 0.6 is 0 Å². The number of methoxy groups -OCH3 is 2. The monoisotopic (exact) mass is 360 g/mol. The molecular weight excluding hydrogens is 340 g/mol. The molecule has 1 heterocycles. The summed E-state index contributed by atoms with van der Waals surface area (Å²) in [4.78, 5) is 38.7. The number of Topliss-reactive ketones (excluding diaryl/α,β-unsaturated/α-hetero) is 1. The SMILES string of the molecule is COC(=O)c1c(C)[nH]c(C(=O)COc2cc(OC)ccc2C(N)=O)c1C. The van der Waals surface area contributed by atoms with E-state index in [-0.39, 0.29) is 29.4 Å². The Morgan fingerprint density at radius 1 is 1.15 bits per heavy atom. The number of rotatable bonds is 7. The van der Waals surface area contributed by atoms with Crippen molar-refractivity contribution in [1.29, 1.82) is 0 Å². The van der Waals surface area contributed by atoms with E-state index in [0.717, 1.165) is 0 Å². The third kappa shape index (κ3) is 3.69. The first kappa shape index (κ1) is 19.0. The molecule has 26 heavy (non-hydrogen) atoms. The van der Waals surface area contributed by atoms with Crippen LogP contribution in [0.2, 0.25) is 0 Å². The van der Waals surface area contributed by atoms with E-state index in [0.29, 0.717) is 22.6 Å². The number of H-pyrrole nitrogens is 1. The van der Waals surface area contributed by atoms with Gasteiger partial charge in [0, 0.05) is 11.8 Å². The van der Waals surface area contributed by atoms with Crippen molar-refractivity contribution in [2.24, 2.45) is 5.73 Å². The molecule has 0 saturated heterocycles. The highest BCUT2D eigenvalue weighted by molar-refractivity contribution is 6.02. The molecule has 0 aliphatic rings. The van der Waals surface area contributed by atoms with Gasteiger partial charge < -0.3 is 24.9 Å². The number of aryl methyl sites for hydroxylation is 1. The normalized spacial score (nSPS) is 10.3. The Balaban J connectivity index is 2.25. The van der Waals surface area contributed by atoms with Gasteiger partial charge in [0.15, 0.2) is 6.61 Å². The average molecular weight is 360 g/mol. The van der Waals surface area contributed by atoms with Crippen molar-refractivity contribution in [2.45, 2.75) is 13.8 Å². The lowest BCUT2D eigenvalue weighted by atomic mass is 10.1. The number of nitrogens with one attached hydrogen (secondary N) is 1. The Bertz CT molecular complexity index is 869. The summed E-state index contributed by atoms with van der Waals surface area (Å²) in [5.74, 6) is -1.01. The Kier molecular flexibility index (Phi) is 5.66. The number of esters is 1. The summed E-state index contributed by atoms with van der Waals surface area (Å²) in [5, 5.41) is 0. The zero-order valence-corrected chi connectivity index (χ0v) is 15.0. The molecule has 0 aliphatic heterocycles. The molecule has 0 aliphatic carbocycles. The average Bonchev–Trinajstić information content (AvgIpc) is 2.92. The van der Waals surface area contributed by atoms with Crippen molar-refractivity contribution in [3.05, 3.63) is 46.3 Å². The van der Waals surface area contributed by atoms with E-state index in [1.807, 2.05) is 0 Å². The molecule has 1 amide bonds. The number of aromatic nitrogens is 1. The number of ether oxygens (including phenoxy) is 3. The van der Waals surface area contributed by atoms with Crippen molar-refractivity contribution in [2.75, 3.05) is 20.8 Å². The maximum atomic E-state index is 12.5. The number of benzene rings is 1. The molecule has 8 heteroatoms. The molecule has 0 saturated carbocycles. The van der Waals surface area contributed by atoms with Crippen LogP contribution in [0.1, 0.15) is 42.5 Å². The Labute approximate surface area is 150 Å². The van der Waals surface area contributed by atoms with Crippen LogP contribution in [0, 0.1) is 13.8 Å². The van der Waals surface area contributed by atoms with Gasteiger partial charge in [-0.15, -0.1) is 0 Å². The number of hydrogen-bond acceptors (Lipinski definition) is 6. The number of ketones is 1. The Morgan fingerprint density at radius 2 is 1.85 bits per heavy atom. The van der Waals surface area contributed by atoms with Crippen LogP contribution in [0.5, 0.6) is 11.5 Å². The fraction of sp³-hybridized carbons (Fsp3) is 0.278. The summed E-state index contributed by atoms with van der Waals surface area (Å²) < 4.78 is 15.3. The summed E-state index contributed by atoms with van der Waals surface area (Å²) in [5.41, 5.74) is 7.01. The molecule has 8 nitrogen and oxygen atoms in total. The zero-order chi connectivity index (χ0) is 19.4. The molecule has 0 bridgehead atoms. The van der Waals surface area contributed by atoms with Gasteiger partial charge >= 0.3 is 5.97 Å². The van der Waals surface area contributed by atoms with Gasteiger partial charge in [-0.25, -0.2) is 4.79 Å². The first-order valence-electron chi connectivity index (χ1n) is 7.71. The second kappa shape index (κ2) is 7.73. The van der Waals surface area contributed by atoms with Crippen molar-refractivity contribution in [3.63, 3.8) is 0 Å². The third-order valence-electron chi connectivity index (χ3n) is 3.92. The van der Waals surface area contributed by atoms with Gasteiger partial charge in [0.05, 0.1) is 31.0 Å². The van der Waals surface area contributed by atoms with Crippen molar-refractivity contribution < 1.29 is 28.6 Å². The highest BCUT2D eigenvalue weighted by Crippen LogP contribution is 2.25. The van der Waals surface area contributed by atoms with Crippen LogP contribution < -0.4 is 15.2 Å². The lowest BCUT2D eigenvalue weighted by molar-refractivity contribution is 0.0599. The minimum atomic E-state index is -0.685. The largest absolute Gasteiger partial charge is 0.497 e. The first-order chi connectivity index (χ1) is 12.3. The molecule has 0 radical (unpaired) electrons. The Morgan fingerprint density at radius 3 is 2.42 bits per heavy atom. The van der Waals surface area contributed by atoms with E-state index in [1.54, 1.807) is 19.9 Å². The van der Waals surface area contributed by atoms with Crippen molar-refractivity contribution in [3.8, 4) is 11.5 Å². The van der Waals surface area contributed by atoms with E-state index >= 15 is 0 Å². The molecular formula is C18H20N2O6. The molecule has 0 atom stereocenters. The molecule has 1 aromatic heterocycles. The second-order valence-corrected chi connectivity index (χ2v) is 5.55. The number of aromatic amines is 1. The number of carbonyl (C=O) groups is 3. The predicted octanol–water partition coefficient (Wildman–Crippen LogP) is 1.79. The van der Waals surface area contributed by atoms with Gasteiger partial charge in [-0.2, -0.15) is 0 Å². The quantitative estimate of drug-likeness (QED) is 0.573. The van der Waals surface area contributed by atoms with Gasteiger partial charge in [0.2, 0.25) is 5.78 Å². The molecule has 0 spiro atoms. The zero-order valence-electron chi connectivity index (χ0n) is 15.0. The van der Waals surface area contributed by atoms with Crippen LogP contribution in [-0.4, -0.2) is 43.5 Å². The van der Waals surface area contributed by atoms with Crippen molar-refractivity contribution in [1.82, 2.24) is 4.98 Å². The van der Waals surface area contributed by atoms with Crippen LogP contribution in [0.15, 0.2) is 18.2 Å². The van der Waals surface area contributed by atoms with E-state index in [4.69, 9.17) is 19.9 Å². The second-order valence-electron chi connectivity index (χ2n) is 5.55. The van der Waals surface area contributed by atoms with Gasteiger partial charge in [0.25, 0.3) is 5.91 Å². The molecule has 3 N–H and O–H groups in total. The molecule has 2 aromatic rings. The highest BCUT2D eigenvalue weighted by Gasteiger charge is 2.23. The fourth-order valence-electron chi connectivity index (χ4n) is 2.61. The van der Waals surface area contributed by atoms with Crippen LogP contribution in [0.4, 0.5) is 0 Å². The van der Waals surface area contributed by atoms with E-state index in [2.05, 4.69) is 4.98 Å². The standard InChI is InChI=1S/C18H20N2O6/c1-9-15(18(23)25-4)10(2)20-16(9)13(21)8-26-14-7-11(24-3)5-6-12(14)17(19)22/h5-7,20H,8H2,1-4H3,(H2,19,22). The van der Waals surface area contributed by atoms with Gasteiger partial charge in [0.1, 0.15) is 11.5 Å². The van der Waals surface area contributed by atoms with Crippen LogP contribution in [-0.2, 0) is 4.74 Å². The number of amides is 1. The van der Waals surface area contributed by atoms with Crippen LogP contribution in [0.25, 0.3) is 0 Å². The summed E-state index contributed by atoms with van der Waals surface area (Å²) >= 11 is 0. The molecule has 0 unspecified atom stereocenters. The highest BCUT2D eigenvalue weighted by atomic mass is 16.5. The third-order valence-corrected chi connectivity index (χ3v) is 3.92. The summed E-state index contributed by atoms with van der Waals surface area (Å²) in [6.45, 7) is 2.96. The molecule has 2 rings (SSSR count). The minimum absolute atomic E-state index is 0.133. The summed E-state index contributed by atoms with van der Waals surface area (Å²) in [6, 6.07) is 4.50. The smallest absolute Gasteiger partial charge is 0.339 e. The predicted molar refractivity (Wildman–Crippen MR) is 92.9 cm³/mol. The Hall–Kier alpha value is -3.29.